The molecule has 1 aromatic carbocycles. The molecule has 0 N–H and O–H groups in total. The number of nitrogens with zero attached hydrogens (tertiary/aromatic N) is 4. The maximum atomic E-state index is 13.3. The molecule has 2 amide bonds. The maximum absolute atomic E-state index is 13.3. The lowest BCUT2D eigenvalue weighted by atomic mass is 10.1. The molecule has 30 heavy (non-hydrogen) atoms. The van der Waals surface area contributed by atoms with Gasteiger partial charge in [-0.3, -0.25) is 9.59 Å². The van der Waals surface area contributed by atoms with Gasteiger partial charge in [0.15, 0.2) is 9.84 Å². The number of nitriles is 1. The molecule has 2 atom stereocenters. The molecule has 2 heterocycles. The van der Waals surface area contributed by atoms with E-state index in [-0.39, 0.29) is 42.3 Å². The van der Waals surface area contributed by atoms with Crippen LogP contribution in [0.1, 0.15) is 24.0 Å². The molecule has 2 fully saturated rings. The summed E-state index contributed by atoms with van der Waals surface area (Å²) < 4.78 is 23.6. The van der Waals surface area contributed by atoms with Crippen molar-refractivity contribution in [1.82, 2.24) is 14.7 Å². The molecule has 2 saturated heterocycles. The van der Waals surface area contributed by atoms with Crippen molar-refractivity contribution < 1.29 is 18.0 Å². The average molecular weight is 433 g/mol. The summed E-state index contributed by atoms with van der Waals surface area (Å²) in [6.07, 6.45) is 0.575. The second-order valence-corrected chi connectivity index (χ2v) is 10.6. The molecule has 0 radical (unpaired) electrons. The molecule has 0 saturated carbocycles. The first-order valence-corrected chi connectivity index (χ1v) is 11.9. The molecule has 2 aliphatic heterocycles. The van der Waals surface area contributed by atoms with Gasteiger partial charge in [-0.15, -0.1) is 0 Å². The number of sulfone groups is 1. The first kappa shape index (κ1) is 22.2. The van der Waals surface area contributed by atoms with E-state index >= 15 is 0 Å². The van der Waals surface area contributed by atoms with Crippen LogP contribution in [0.2, 0.25) is 0 Å². The number of carbonyl (C=O) groups excluding carboxylic acids is 2. The predicted molar refractivity (Wildman–Crippen MR) is 112 cm³/mol. The summed E-state index contributed by atoms with van der Waals surface area (Å²) in [5.74, 6) is -0.580. The van der Waals surface area contributed by atoms with Crippen LogP contribution in [0.4, 0.5) is 0 Å². The van der Waals surface area contributed by atoms with Crippen LogP contribution < -0.4 is 0 Å². The first-order valence-electron chi connectivity index (χ1n) is 10.1. The number of carbonyl (C=O) groups is 2. The standard InChI is InChI=1S/C21H28N4O4S/c1-23(2)8-9-24(13-17-5-3-16(12-22)4-6-17)21(27)18-11-20(26)25(14-18)19-7-10-30(28,29)15-19/h3-6,18-19H,7-11,13-15H2,1-2H3/t18-,19-/m0/s1. The Morgan fingerprint density at radius 2 is 1.93 bits per heavy atom. The van der Waals surface area contributed by atoms with E-state index in [0.717, 1.165) is 5.56 Å². The van der Waals surface area contributed by atoms with Gasteiger partial charge in [-0.25, -0.2) is 8.42 Å². The van der Waals surface area contributed by atoms with E-state index in [4.69, 9.17) is 5.26 Å². The molecular weight excluding hydrogens is 404 g/mol. The van der Waals surface area contributed by atoms with E-state index in [2.05, 4.69) is 6.07 Å². The van der Waals surface area contributed by atoms with E-state index in [1.807, 2.05) is 31.1 Å². The molecule has 1 aromatic rings. The van der Waals surface area contributed by atoms with Crippen molar-refractivity contribution in [1.29, 1.82) is 5.26 Å². The fourth-order valence-corrected chi connectivity index (χ4v) is 5.75. The first-order chi connectivity index (χ1) is 14.2. The second kappa shape index (κ2) is 9.14. The normalized spacial score (nSPS) is 23.0. The summed E-state index contributed by atoms with van der Waals surface area (Å²) in [4.78, 5) is 31.2. The minimum atomic E-state index is -3.09. The zero-order valence-electron chi connectivity index (χ0n) is 17.5. The molecule has 0 unspecified atom stereocenters. The summed E-state index contributed by atoms with van der Waals surface area (Å²) in [7, 11) is 0.780. The summed E-state index contributed by atoms with van der Waals surface area (Å²) in [6, 6.07) is 8.90. The Kier molecular flexibility index (Phi) is 6.78. The molecule has 0 aromatic heterocycles. The lowest BCUT2D eigenvalue weighted by Crippen LogP contribution is -2.42. The Hall–Kier alpha value is -2.44. The van der Waals surface area contributed by atoms with Crippen molar-refractivity contribution in [3.8, 4) is 6.07 Å². The molecule has 9 heteroatoms. The number of hydrogen-bond acceptors (Lipinski definition) is 6. The largest absolute Gasteiger partial charge is 0.338 e. The minimum Gasteiger partial charge on any atom is -0.338 e. The van der Waals surface area contributed by atoms with Crippen molar-refractivity contribution in [2.24, 2.45) is 5.92 Å². The van der Waals surface area contributed by atoms with Crippen molar-refractivity contribution in [3.63, 3.8) is 0 Å². The molecule has 0 bridgehead atoms. The number of benzene rings is 1. The van der Waals surface area contributed by atoms with Crippen LogP contribution in [-0.4, -0.2) is 86.2 Å². The Balaban J connectivity index is 1.70. The lowest BCUT2D eigenvalue weighted by Gasteiger charge is -2.28. The summed E-state index contributed by atoms with van der Waals surface area (Å²) >= 11 is 0. The highest BCUT2D eigenvalue weighted by Crippen LogP contribution is 2.27. The Morgan fingerprint density at radius 3 is 2.50 bits per heavy atom. The molecular formula is C21H28N4O4S. The summed E-state index contributed by atoms with van der Waals surface area (Å²) in [6.45, 7) is 1.90. The molecule has 2 aliphatic rings. The van der Waals surface area contributed by atoms with Gasteiger partial charge in [0.1, 0.15) is 0 Å². The molecule has 0 aliphatic carbocycles. The van der Waals surface area contributed by atoms with Gasteiger partial charge in [0, 0.05) is 38.6 Å². The van der Waals surface area contributed by atoms with Gasteiger partial charge >= 0.3 is 0 Å². The van der Waals surface area contributed by atoms with Gasteiger partial charge in [0.2, 0.25) is 11.8 Å². The zero-order valence-corrected chi connectivity index (χ0v) is 18.3. The topological polar surface area (TPSA) is 102 Å². The Morgan fingerprint density at radius 1 is 1.23 bits per heavy atom. The van der Waals surface area contributed by atoms with E-state index in [1.54, 1.807) is 21.9 Å². The van der Waals surface area contributed by atoms with Gasteiger partial charge < -0.3 is 14.7 Å². The van der Waals surface area contributed by atoms with Gasteiger partial charge in [-0.1, -0.05) is 12.1 Å². The van der Waals surface area contributed by atoms with E-state index in [9.17, 15) is 18.0 Å². The van der Waals surface area contributed by atoms with E-state index < -0.39 is 15.8 Å². The van der Waals surface area contributed by atoms with Crippen LogP contribution in [-0.2, 0) is 26.0 Å². The minimum absolute atomic E-state index is 0.00473. The average Bonchev–Trinajstić information content (AvgIpc) is 3.26. The highest BCUT2D eigenvalue weighted by atomic mass is 32.2. The molecule has 3 rings (SSSR count). The Labute approximate surface area is 178 Å². The third-order valence-corrected chi connectivity index (χ3v) is 7.49. The summed E-state index contributed by atoms with van der Waals surface area (Å²) in [5, 5.41) is 8.97. The monoisotopic (exact) mass is 432 g/mol. The smallest absolute Gasteiger partial charge is 0.228 e. The zero-order chi connectivity index (χ0) is 21.9. The van der Waals surface area contributed by atoms with Crippen molar-refractivity contribution in [3.05, 3.63) is 35.4 Å². The van der Waals surface area contributed by atoms with Crippen LogP contribution in [0.5, 0.6) is 0 Å². The van der Waals surface area contributed by atoms with Crippen LogP contribution in [0.15, 0.2) is 24.3 Å². The number of rotatable bonds is 7. The SMILES string of the molecule is CN(C)CCN(Cc1ccc(C#N)cc1)C(=O)[C@H]1CC(=O)N([C@H]2CCS(=O)(=O)C2)C1. The van der Waals surface area contributed by atoms with Crippen LogP contribution in [0.3, 0.4) is 0 Å². The van der Waals surface area contributed by atoms with E-state index in [1.165, 1.54) is 0 Å². The quantitative estimate of drug-likeness (QED) is 0.621. The summed E-state index contributed by atoms with van der Waals surface area (Å²) in [5.41, 5.74) is 1.48. The number of amides is 2. The molecule has 8 nitrogen and oxygen atoms in total. The highest BCUT2D eigenvalue weighted by molar-refractivity contribution is 7.91. The van der Waals surface area contributed by atoms with E-state index in [0.29, 0.717) is 31.6 Å². The van der Waals surface area contributed by atoms with Crippen LogP contribution in [0, 0.1) is 17.2 Å². The highest BCUT2D eigenvalue weighted by Gasteiger charge is 2.42. The fourth-order valence-electron chi connectivity index (χ4n) is 4.02. The van der Waals surface area contributed by atoms with Crippen LogP contribution >= 0.6 is 0 Å². The van der Waals surface area contributed by atoms with Gasteiger partial charge in [0.25, 0.3) is 0 Å². The fraction of sp³-hybridized carbons (Fsp3) is 0.571. The van der Waals surface area contributed by atoms with Crippen molar-refractivity contribution >= 4 is 21.7 Å². The predicted octanol–water partition coefficient (Wildman–Crippen LogP) is 0.484. The Bertz CT molecular complexity index is 937. The van der Waals surface area contributed by atoms with Crippen LogP contribution in [0.25, 0.3) is 0 Å². The van der Waals surface area contributed by atoms with Crippen molar-refractivity contribution in [2.45, 2.75) is 25.4 Å². The van der Waals surface area contributed by atoms with Gasteiger partial charge in [-0.2, -0.15) is 5.26 Å². The van der Waals surface area contributed by atoms with Gasteiger partial charge in [0.05, 0.1) is 29.1 Å². The number of likely N-dealkylation sites (tertiary alicyclic amines) is 1. The molecule has 162 valence electrons. The third-order valence-electron chi connectivity index (χ3n) is 5.74. The van der Waals surface area contributed by atoms with Gasteiger partial charge in [-0.05, 0) is 38.2 Å². The third kappa shape index (κ3) is 5.37. The lowest BCUT2D eigenvalue weighted by molar-refractivity contribution is -0.136. The number of likely N-dealkylation sites (N-methyl/N-ethyl adjacent to an activating group) is 1. The number of hydrogen-bond donors (Lipinski definition) is 0. The second-order valence-electron chi connectivity index (χ2n) is 8.38. The maximum Gasteiger partial charge on any atom is 0.228 e. The van der Waals surface area contributed by atoms with Crippen molar-refractivity contribution in [2.75, 3.05) is 45.2 Å². The molecule has 0 spiro atoms.